The van der Waals surface area contributed by atoms with Crippen molar-refractivity contribution in [2.24, 2.45) is 0 Å². The van der Waals surface area contributed by atoms with Crippen LogP contribution in [0, 0.1) is 25.2 Å². The first-order valence-electron chi connectivity index (χ1n) is 8.20. The quantitative estimate of drug-likeness (QED) is 0.535. The molecule has 0 heterocycles. The Balaban J connectivity index is 1.98. The lowest BCUT2D eigenvalue weighted by Gasteiger charge is -2.08. The maximum absolute atomic E-state index is 12.5. The first-order chi connectivity index (χ1) is 12.5. The van der Waals surface area contributed by atoms with E-state index in [1.807, 2.05) is 56.3 Å². The molecule has 0 aliphatic carbocycles. The van der Waals surface area contributed by atoms with Crippen LogP contribution in [0.25, 0.3) is 16.8 Å². The Morgan fingerprint density at radius 1 is 1.08 bits per heavy atom. The number of anilines is 1. The molecule has 3 aromatic rings. The van der Waals surface area contributed by atoms with Crippen molar-refractivity contribution < 1.29 is 9.90 Å². The smallest absolute Gasteiger partial charge is 0.266 e. The highest BCUT2D eigenvalue weighted by Crippen LogP contribution is 2.29. The van der Waals surface area contributed by atoms with E-state index in [9.17, 15) is 15.2 Å². The van der Waals surface area contributed by atoms with Gasteiger partial charge in [0.05, 0.1) is 0 Å². The monoisotopic (exact) mass is 342 g/mol. The number of benzene rings is 3. The summed E-state index contributed by atoms with van der Waals surface area (Å²) in [5.41, 5.74) is 3.18. The topological polar surface area (TPSA) is 73.1 Å². The highest BCUT2D eigenvalue weighted by atomic mass is 16.3. The summed E-state index contributed by atoms with van der Waals surface area (Å²) in [6.07, 6.45) is 1.42. The molecule has 2 N–H and O–H groups in total. The summed E-state index contributed by atoms with van der Waals surface area (Å²) in [5, 5.41) is 24.1. The average Bonchev–Trinajstić information content (AvgIpc) is 2.64. The number of phenols is 1. The molecule has 0 aromatic heterocycles. The van der Waals surface area contributed by atoms with E-state index >= 15 is 0 Å². The fraction of sp³-hybridized carbons (Fsp3) is 0.0909. The van der Waals surface area contributed by atoms with Gasteiger partial charge in [-0.25, -0.2) is 0 Å². The number of rotatable bonds is 3. The molecule has 0 bridgehead atoms. The fourth-order valence-electron chi connectivity index (χ4n) is 2.75. The number of carbonyl (C=O) groups excluding carboxylic acids is 1. The van der Waals surface area contributed by atoms with Crippen molar-refractivity contribution in [3.63, 3.8) is 0 Å². The average molecular weight is 342 g/mol. The molecule has 0 aliphatic rings. The minimum absolute atomic E-state index is 0.0235. The predicted octanol–water partition coefficient (Wildman–Crippen LogP) is 4.71. The Labute approximate surface area is 152 Å². The van der Waals surface area contributed by atoms with E-state index in [1.54, 1.807) is 18.2 Å². The van der Waals surface area contributed by atoms with E-state index in [2.05, 4.69) is 5.32 Å². The highest BCUT2D eigenvalue weighted by Gasteiger charge is 2.13. The van der Waals surface area contributed by atoms with Gasteiger partial charge in [0.15, 0.2) is 0 Å². The third kappa shape index (κ3) is 3.42. The van der Waals surface area contributed by atoms with Gasteiger partial charge in [-0.3, -0.25) is 4.79 Å². The molecule has 0 spiro atoms. The summed E-state index contributed by atoms with van der Waals surface area (Å²) in [6, 6.07) is 18.3. The number of aromatic hydroxyl groups is 1. The van der Waals surface area contributed by atoms with Crippen molar-refractivity contribution in [2.45, 2.75) is 13.8 Å². The summed E-state index contributed by atoms with van der Waals surface area (Å²) in [7, 11) is 0. The molecule has 3 aromatic carbocycles. The SMILES string of the molecule is Cc1ccc(NC(=O)C(C#N)=Cc2c(O)ccc3ccccc23)cc1C. The van der Waals surface area contributed by atoms with E-state index in [0.29, 0.717) is 11.3 Å². The van der Waals surface area contributed by atoms with Gasteiger partial charge >= 0.3 is 0 Å². The number of hydrogen-bond donors (Lipinski definition) is 2. The number of fused-ring (bicyclic) bond motifs is 1. The van der Waals surface area contributed by atoms with Gasteiger partial charge in [0.25, 0.3) is 5.91 Å². The van der Waals surface area contributed by atoms with Gasteiger partial charge in [0.1, 0.15) is 17.4 Å². The van der Waals surface area contributed by atoms with Gasteiger partial charge in [-0.2, -0.15) is 5.26 Å². The molecule has 1 amide bonds. The molecule has 3 rings (SSSR count). The van der Waals surface area contributed by atoms with Crippen LogP contribution >= 0.6 is 0 Å². The molecule has 128 valence electrons. The Morgan fingerprint density at radius 2 is 1.85 bits per heavy atom. The number of nitriles is 1. The summed E-state index contributed by atoms with van der Waals surface area (Å²) >= 11 is 0. The zero-order chi connectivity index (χ0) is 18.7. The van der Waals surface area contributed by atoms with Crippen molar-refractivity contribution in [3.05, 3.63) is 76.9 Å². The maximum atomic E-state index is 12.5. The molecule has 0 unspecified atom stereocenters. The number of aryl methyl sites for hydroxylation is 2. The lowest BCUT2D eigenvalue weighted by Crippen LogP contribution is -2.13. The molecule has 26 heavy (non-hydrogen) atoms. The van der Waals surface area contributed by atoms with Gasteiger partial charge in [0.2, 0.25) is 0 Å². The number of phenolic OH excluding ortho intramolecular Hbond substituents is 1. The molecule has 4 nitrogen and oxygen atoms in total. The van der Waals surface area contributed by atoms with Gasteiger partial charge in [-0.15, -0.1) is 0 Å². The minimum atomic E-state index is -0.511. The van der Waals surface area contributed by atoms with Crippen LogP contribution in [0.15, 0.2) is 60.2 Å². The second kappa shape index (κ2) is 7.12. The molecule has 4 heteroatoms. The first-order valence-corrected chi connectivity index (χ1v) is 8.20. The molecular formula is C22H18N2O2. The van der Waals surface area contributed by atoms with E-state index in [4.69, 9.17) is 0 Å². The van der Waals surface area contributed by atoms with Crippen molar-refractivity contribution >= 4 is 28.4 Å². The van der Waals surface area contributed by atoms with Crippen LogP contribution in [0.5, 0.6) is 5.75 Å². The van der Waals surface area contributed by atoms with Crippen molar-refractivity contribution in [3.8, 4) is 11.8 Å². The summed E-state index contributed by atoms with van der Waals surface area (Å²) in [6.45, 7) is 3.95. The maximum Gasteiger partial charge on any atom is 0.266 e. The molecule has 0 saturated heterocycles. The Morgan fingerprint density at radius 3 is 2.58 bits per heavy atom. The standard InChI is InChI=1S/C22H18N2O2/c1-14-7-9-18(11-15(14)2)24-22(26)17(13-23)12-20-19-6-4-3-5-16(19)8-10-21(20)25/h3-12,25H,1-2H3,(H,24,26). The largest absolute Gasteiger partial charge is 0.507 e. The van der Waals surface area contributed by atoms with Crippen LogP contribution in [0.4, 0.5) is 5.69 Å². The van der Waals surface area contributed by atoms with E-state index < -0.39 is 5.91 Å². The van der Waals surface area contributed by atoms with Crippen LogP contribution in [-0.2, 0) is 4.79 Å². The van der Waals surface area contributed by atoms with Gasteiger partial charge < -0.3 is 10.4 Å². The zero-order valence-electron chi connectivity index (χ0n) is 14.6. The van der Waals surface area contributed by atoms with Crippen molar-refractivity contribution in [2.75, 3.05) is 5.32 Å². The van der Waals surface area contributed by atoms with Gasteiger partial charge in [-0.05, 0) is 60.0 Å². The molecule has 0 aliphatic heterocycles. The lowest BCUT2D eigenvalue weighted by atomic mass is 10.0. The molecule has 0 fully saturated rings. The second-order valence-electron chi connectivity index (χ2n) is 6.14. The van der Waals surface area contributed by atoms with E-state index in [1.165, 1.54) is 6.08 Å². The van der Waals surface area contributed by atoms with Crippen LogP contribution < -0.4 is 5.32 Å². The zero-order valence-corrected chi connectivity index (χ0v) is 14.6. The minimum Gasteiger partial charge on any atom is -0.507 e. The number of amides is 1. The molecule has 0 atom stereocenters. The Bertz CT molecular complexity index is 1080. The summed E-state index contributed by atoms with van der Waals surface area (Å²) in [4.78, 5) is 12.5. The third-order valence-electron chi connectivity index (χ3n) is 4.37. The molecule has 0 radical (unpaired) electrons. The van der Waals surface area contributed by atoms with Crippen LogP contribution in [-0.4, -0.2) is 11.0 Å². The molecular weight excluding hydrogens is 324 g/mol. The summed E-state index contributed by atoms with van der Waals surface area (Å²) < 4.78 is 0. The number of nitrogens with zero attached hydrogens (tertiary/aromatic N) is 1. The van der Waals surface area contributed by atoms with Gasteiger partial charge in [0, 0.05) is 11.3 Å². The third-order valence-corrected chi connectivity index (χ3v) is 4.37. The van der Waals surface area contributed by atoms with Crippen molar-refractivity contribution in [1.29, 1.82) is 5.26 Å². The van der Waals surface area contributed by atoms with Crippen LogP contribution in [0.2, 0.25) is 0 Å². The van der Waals surface area contributed by atoms with Crippen LogP contribution in [0.3, 0.4) is 0 Å². The number of nitrogens with one attached hydrogen (secondary N) is 1. The number of hydrogen-bond acceptors (Lipinski definition) is 3. The lowest BCUT2D eigenvalue weighted by molar-refractivity contribution is -0.112. The van der Waals surface area contributed by atoms with Crippen molar-refractivity contribution in [1.82, 2.24) is 0 Å². The number of carbonyl (C=O) groups is 1. The van der Waals surface area contributed by atoms with Gasteiger partial charge in [-0.1, -0.05) is 36.4 Å². The van der Waals surface area contributed by atoms with Crippen LogP contribution in [0.1, 0.15) is 16.7 Å². The normalized spacial score (nSPS) is 11.2. The predicted molar refractivity (Wildman–Crippen MR) is 104 cm³/mol. The van der Waals surface area contributed by atoms with E-state index in [0.717, 1.165) is 21.9 Å². The van der Waals surface area contributed by atoms with E-state index in [-0.39, 0.29) is 11.3 Å². The Hall–Kier alpha value is -3.58. The molecule has 0 saturated carbocycles. The second-order valence-corrected chi connectivity index (χ2v) is 6.14. The first kappa shape index (κ1) is 17.2. The fourth-order valence-corrected chi connectivity index (χ4v) is 2.75. The summed E-state index contributed by atoms with van der Waals surface area (Å²) in [5.74, 6) is -0.487. The highest BCUT2D eigenvalue weighted by molar-refractivity contribution is 6.11. The Kier molecular flexibility index (Phi) is 4.72.